The Balaban J connectivity index is 3.51. The third kappa shape index (κ3) is 7.40. The molecule has 0 saturated heterocycles. The number of aliphatic carboxylic acids is 1. The summed E-state index contributed by atoms with van der Waals surface area (Å²) in [4.78, 5) is 10.1. The maximum atomic E-state index is 10.1. The van der Waals surface area contributed by atoms with Crippen molar-refractivity contribution in [3.8, 4) is 0 Å². The van der Waals surface area contributed by atoms with Crippen LogP contribution in [0.1, 0.15) is 32.6 Å². The van der Waals surface area contributed by atoms with Crippen LogP contribution >= 0.6 is 11.6 Å². The molecule has 0 rings (SSSR count). The fourth-order valence-electron chi connectivity index (χ4n) is 0.750. The van der Waals surface area contributed by atoms with Crippen molar-refractivity contribution in [2.24, 2.45) is 0 Å². The Morgan fingerprint density at radius 3 is 2.64 bits per heavy atom. The molecular formula is C8H13ClO2. The number of rotatable bonds is 5. The Labute approximate surface area is 71.9 Å². The molecule has 0 amide bonds. The smallest absolute Gasteiger partial charge is 0.329 e. The normalized spacial score (nSPS) is 11.6. The SMILES string of the molecule is CCCCC/C(Cl)=C\C(=O)O. The van der Waals surface area contributed by atoms with Gasteiger partial charge in [0.2, 0.25) is 0 Å². The topological polar surface area (TPSA) is 37.3 Å². The average Bonchev–Trinajstić information content (AvgIpc) is 1.86. The second-order valence-electron chi connectivity index (χ2n) is 2.39. The Hall–Kier alpha value is -0.500. The highest BCUT2D eigenvalue weighted by Crippen LogP contribution is 2.12. The Morgan fingerprint density at radius 2 is 2.18 bits per heavy atom. The third-order valence-corrected chi connectivity index (χ3v) is 1.60. The van der Waals surface area contributed by atoms with Crippen LogP contribution in [0.5, 0.6) is 0 Å². The van der Waals surface area contributed by atoms with E-state index in [0.29, 0.717) is 11.5 Å². The molecular weight excluding hydrogens is 164 g/mol. The first kappa shape index (κ1) is 10.5. The summed E-state index contributed by atoms with van der Waals surface area (Å²) >= 11 is 5.59. The molecule has 0 aromatic rings. The number of carboxylic acids is 1. The number of hydrogen-bond acceptors (Lipinski definition) is 1. The van der Waals surface area contributed by atoms with Crippen molar-refractivity contribution < 1.29 is 9.90 Å². The number of allylic oxidation sites excluding steroid dienone is 1. The van der Waals surface area contributed by atoms with Gasteiger partial charge >= 0.3 is 5.97 Å². The number of hydrogen-bond donors (Lipinski definition) is 1. The van der Waals surface area contributed by atoms with E-state index in [1.807, 2.05) is 0 Å². The van der Waals surface area contributed by atoms with Gasteiger partial charge in [-0.2, -0.15) is 0 Å². The molecule has 0 aliphatic carbocycles. The Bertz CT molecular complexity index is 152. The van der Waals surface area contributed by atoms with Gasteiger partial charge in [-0.1, -0.05) is 31.4 Å². The first-order valence-electron chi connectivity index (χ1n) is 3.75. The molecule has 0 aliphatic heterocycles. The van der Waals surface area contributed by atoms with Gasteiger partial charge in [-0.05, 0) is 12.8 Å². The molecule has 3 heteroatoms. The van der Waals surface area contributed by atoms with Crippen LogP contribution in [-0.4, -0.2) is 11.1 Å². The number of carbonyl (C=O) groups is 1. The van der Waals surface area contributed by atoms with Gasteiger partial charge in [0.1, 0.15) is 0 Å². The second-order valence-corrected chi connectivity index (χ2v) is 2.87. The Kier molecular flexibility index (Phi) is 5.94. The zero-order valence-corrected chi connectivity index (χ0v) is 7.40. The van der Waals surface area contributed by atoms with Crippen LogP contribution in [0.3, 0.4) is 0 Å². The first-order valence-corrected chi connectivity index (χ1v) is 4.13. The predicted molar refractivity (Wildman–Crippen MR) is 45.7 cm³/mol. The van der Waals surface area contributed by atoms with E-state index in [1.165, 1.54) is 0 Å². The minimum absolute atomic E-state index is 0.436. The molecule has 0 unspecified atom stereocenters. The van der Waals surface area contributed by atoms with Gasteiger partial charge in [-0.15, -0.1) is 0 Å². The molecule has 2 nitrogen and oxygen atoms in total. The highest BCUT2D eigenvalue weighted by atomic mass is 35.5. The molecule has 0 aromatic carbocycles. The molecule has 0 radical (unpaired) electrons. The number of unbranched alkanes of at least 4 members (excludes halogenated alkanes) is 2. The lowest BCUT2D eigenvalue weighted by Crippen LogP contribution is -1.88. The molecule has 0 aliphatic rings. The molecule has 0 fully saturated rings. The zero-order chi connectivity index (χ0) is 8.69. The predicted octanol–water partition coefficient (Wildman–Crippen LogP) is 2.77. The standard InChI is InChI=1S/C8H13ClO2/c1-2-3-4-5-7(9)6-8(10)11/h6H,2-5H2,1H3,(H,10,11)/b7-6+. The molecule has 0 atom stereocenters. The quantitative estimate of drug-likeness (QED) is 0.517. The molecule has 1 N–H and O–H groups in total. The van der Waals surface area contributed by atoms with E-state index in [1.54, 1.807) is 0 Å². The van der Waals surface area contributed by atoms with Crippen molar-refractivity contribution in [1.29, 1.82) is 0 Å². The molecule has 0 heterocycles. The largest absolute Gasteiger partial charge is 0.478 e. The van der Waals surface area contributed by atoms with Gasteiger partial charge < -0.3 is 5.11 Å². The van der Waals surface area contributed by atoms with Crippen molar-refractivity contribution in [2.45, 2.75) is 32.6 Å². The molecule has 11 heavy (non-hydrogen) atoms. The lowest BCUT2D eigenvalue weighted by molar-refractivity contribution is -0.131. The summed E-state index contributed by atoms with van der Waals surface area (Å²) < 4.78 is 0. The monoisotopic (exact) mass is 176 g/mol. The zero-order valence-electron chi connectivity index (χ0n) is 6.64. The molecule has 0 spiro atoms. The molecule has 0 aromatic heterocycles. The van der Waals surface area contributed by atoms with E-state index in [-0.39, 0.29) is 0 Å². The molecule has 64 valence electrons. The maximum Gasteiger partial charge on any atom is 0.329 e. The number of halogens is 1. The van der Waals surface area contributed by atoms with Gasteiger partial charge in [0.05, 0.1) is 0 Å². The van der Waals surface area contributed by atoms with Gasteiger partial charge in [0, 0.05) is 11.1 Å². The third-order valence-electron chi connectivity index (χ3n) is 1.30. The summed E-state index contributed by atoms with van der Waals surface area (Å²) in [5.41, 5.74) is 0. The summed E-state index contributed by atoms with van der Waals surface area (Å²) in [5, 5.41) is 8.72. The van der Waals surface area contributed by atoms with E-state index in [4.69, 9.17) is 16.7 Å². The highest BCUT2D eigenvalue weighted by molar-refractivity contribution is 6.30. The van der Waals surface area contributed by atoms with Crippen LogP contribution < -0.4 is 0 Å². The lowest BCUT2D eigenvalue weighted by atomic mass is 10.2. The van der Waals surface area contributed by atoms with Gasteiger partial charge in [0.15, 0.2) is 0 Å². The summed E-state index contributed by atoms with van der Waals surface area (Å²) in [6, 6.07) is 0. The minimum atomic E-state index is -0.966. The fraction of sp³-hybridized carbons (Fsp3) is 0.625. The summed E-state index contributed by atoms with van der Waals surface area (Å²) in [6.45, 7) is 2.09. The van der Waals surface area contributed by atoms with Crippen molar-refractivity contribution in [2.75, 3.05) is 0 Å². The fourth-order valence-corrected chi connectivity index (χ4v) is 0.977. The summed E-state index contributed by atoms with van der Waals surface area (Å²) in [6.07, 6.45) is 4.93. The van der Waals surface area contributed by atoms with Crippen LogP contribution in [0.4, 0.5) is 0 Å². The van der Waals surface area contributed by atoms with Crippen molar-refractivity contribution in [3.63, 3.8) is 0 Å². The van der Waals surface area contributed by atoms with Gasteiger partial charge in [0.25, 0.3) is 0 Å². The molecule has 0 saturated carbocycles. The summed E-state index contributed by atoms with van der Waals surface area (Å²) in [7, 11) is 0. The van der Waals surface area contributed by atoms with E-state index in [0.717, 1.165) is 25.3 Å². The van der Waals surface area contributed by atoms with Crippen LogP contribution in [-0.2, 0) is 4.79 Å². The first-order chi connectivity index (χ1) is 5.16. The van der Waals surface area contributed by atoms with Gasteiger partial charge in [-0.25, -0.2) is 4.79 Å². The summed E-state index contributed by atoms with van der Waals surface area (Å²) in [5.74, 6) is -0.966. The maximum absolute atomic E-state index is 10.1. The van der Waals surface area contributed by atoms with Crippen LogP contribution in [0.15, 0.2) is 11.1 Å². The van der Waals surface area contributed by atoms with Crippen LogP contribution in [0, 0.1) is 0 Å². The van der Waals surface area contributed by atoms with E-state index < -0.39 is 5.97 Å². The van der Waals surface area contributed by atoms with E-state index >= 15 is 0 Å². The van der Waals surface area contributed by atoms with Crippen LogP contribution in [0.25, 0.3) is 0 Å². The molecule has 0 bridgehead atoms. The van der Waals surface area contributed by atoms with E-state index in [9.17, 15) is 4.79 Å². The number of carboxylic acid groups (broad SMARTS) is 1. The highest BCUT2D eigenvalue weighted by Gasteiger charge is 1.95. The van der Waals surface area contributed by atoms with Gasteiger partial charge in [-0.3, -0.25) is 0 Å². The van der Waals surface area contributed by atoms with Crippen molar-refractivity contribution >= 4 is 17.6 Å². The van der Waals surface area contributed by atoms with Crippen molar-refractivity contribution in [3.05, 3.63) is 11.1 Å². The van der Waals surface area contributed by atoms with Crippen LogP contribution in [0.2, 0.25) is 0 Å². The lowest BCUT2D eigenvalue weighted by Gasteiger charge is -1.95. The van der Waals surface area contributed by atoms with Crippen molar-refractivity contribution in [1.82, 2.24) is 0 Å². The Morgan fingerprint density at radius 1 is 1.55 bits per heavy atom. The van der Waals surface area contributed by atoms with E-state index in [2.05, 4.69) is 6.92 Å². The minimum Gasteiger partial charge on any atom is -0.478 e. The average molecular weight is 177 g/mol. The second kappa shape index (κ2) is 6.23.